The molecular formula is C29H35N7O2. The van der Waals surface area contributed by atoms with Crippen molar-refractivity contribution in [2.24, 2.45) is 11.7 Å². The van der Waals surface area contributed by atoms with Gasteiger partial charge in [0.2, 0.25) is 0 Å². The second kappa shape index (κ2) is 10.3. The maximum Gasteiger partial charge on any atom is 0.405 e. The van der Waals surface area contributed by atoms with Crippen molar-refractivity contribution in [1.82, 2.24) is 19.5 Å². The Morgan fingerprint density at radius 2 is 1.76 bits per heavy atom. The van der Waals surface area contributed by atoms with Crippen LogP contribution < -0.4 is 16.4 Å². The van der Waals surface area contributed by atoms with Crippen LogP contribution in [-0.4, -0.2) is 58.8 Å². The predicted octanol–water partition coefficient (Wildman–Crippen LogP) is 4.50. The number of anilines is 2. The van der Waals surface area contributed by atoms with Crippen LogP contribution in [0.5, 0.6) is 0 Å². The van der Waals surface area contributed by atoms with Crippen LogP contribution in [0.25, 0.3) is 27.9 Å². The first-order valence-electron chi connectivity index (χ1n) is 13.0. The van der Waals surface area contributed by atoms with Crippen LogP contribution in [0.2, 0.25) is 0 Å². The molecule has 4 N–H and O–H groups in total. The average molecular weight is 514 g/mol. The van der Waals surface area contributed by atoms with Gasteiger partial charge in [-0.25, -0.2) is 9.78 Å². The molecule has 1 aliphatic rings. The van der Waals surface area contributed by atoms with Crippen molar-refractivity contribution in [3.05, 3.63) is 66.0 Å². The topological polar surface area (TPSA) is 115 Å². The number of likely N-dealkylation sites (N-methyl/N-ethyl adjacent to an activating group) is 1. The summed E-state index contributed by atoms with van der Waals surface area (Å²) in [5.41, 5.74) is 19.5. The van der Waals surface area contributed by atoms with E-state index in [2.05, 4.69) is 46.2 Å². The summed E-state index contributed by atoms with van der Waals surface area (Å²) in [4.78, 5) is 21.0. The van der Waals surface area contributed by atoms with Gasteiger partial charge in [0.15, 0.2) is 5.65 Å². The van der Waals surface area contributed by atoms with Crippen molar-refractivity contribution in [1.29, 1.82) is 0 Å². The number of carbonyl (C=O) groups is 1. The lowest BCUT2D eigenvalue weighted by atomic mass is 9.93. The van der Waals surface area contributed by atoms with Crippen LogP contribution >= 0.6 is 0 Å². The standard InChI is InChI=1S/C29H35N7O2/c1-18(2)26(38-29(31)37)21-8-9-23(19(3)14-21)25-16-32-28-24(17-33-36(28)27(25)30)20-6-5-7-22(15-20)35-12-10-34(4)11-13-35/h5-9,14-18,26H,10-13,30H2,1-4H3,(H2,31,37). The monoisotopic (exact) mass is 513 g/mol. The second-order valence-electron chi connectivity index (χ2n) is 10.4. The highest BCUT2D eigenvalue weighted by molar-refractivity contribution is 5.84. The first-order valence-corrected chi connectivity index (χ1v) is 13.0. The van der Waals surface area contributed by atoms with E-state index in [9.17, 15) is 4.79 Å². The zero-order valence-corrected chi connectivity index (χ0v) is 22.4. The Kier molecular flexibility index (Phi) is 6.94. The van der Waals surface area contributed by atoms with Crippen molar-refractivity contribution in [3.8, 4) is 22.3 Å². The molecule has 1 atom stereocenters. The summed E-state index contributed by atoms with van der Waals surface area (Å²) in [6, 6.07) is 14.5. The Balaban J connectivity index is 1.47. The molecule has 3 heterocycles. The Hall–Kier alpha value is -4.11. The van der Waals surface area contributed by atoms with Gasteiger partial charge in [-0.3, -0.25) is 0 Å². The molecule has 198 valence electrons. The molecule has 0 saturated carbocycles. The first kappa shape index (κ1) is 25.5. The van der Waals surface area contributed by atoms with Crippen LogP contribution in [0.4, 0.5) is 16.3 Å². The highest BCUT2D eigenvalue weighted by Gasteiger charge is 2.22. The van der Waals surface area contributed by atoms with Gasteiger partial charge < -0.3 is 26.0 Å². The van der Waals surface area contributed by atoms with E-state index >= 15 is 0 Å². The number of primary amides is 1. The number of nitrogens with two attached hydrogens (primary N) is 2. The minimum Gasteiger partial charge on any atom is -0.441 e. The number of nitrogen functional groups attached to an aromatic ring is 1. The zero-order valence-electron chi connectivity index (χ0n) is 22.4. The summed E-state index contributed by atoms with van der Waals surface area (Å²) in [5.74, 6) is 0.592. The smallest absolute Gasteiger partial charge is 0.405 e. The summed E-state index contributed by atoms with van der Waals surface area (Å²) in [6.07, 6.45) is 2.43. The summed E-state index contributed by atoms with van der Waals surface area (Å²) < 4.78 is 7.06. The quantitative estimate of drug-likeness (QED) is 0.390. The largest absolute Gasteiger partial charge is 0.441 e. The van der Waals surface area contributed by atoms with Crippen molar-refractivity contribution >= 4 is 23.2 Å². The van der Waals surface area contributed by atoms with E-state index in [1.54, 1.807) is 4.52 Å². The number of fused-ring (bicyclic) bond motifs is 1. The number of carbonyl (C=O) groups excluding carboxylic acids is 1. The minimum atomic E-state index is -0.784. The van der Waals surface area contributed by atoms with Gasteiger partial charge in [-0.2, -0.15) is 9.61 Å². The first-order chi connectivity index (χ1) is 18.2. The molecule has 9 heteroatoms. The average Bonchev–Trinajstić information content (AvgIpc) is 3.33. The number of ether oxygens (including phenoxy) is 1. The number of nitrogens with zero attached hydrogens (tertiary/aromatic N) is 5. The normalized spacial score (nSPS) is 15.2. The Morgan fingerprint density at radius 3 is 2.45 bits per heavy atom. The number of rotatable bonds is 6. The molecule has 0 spiro atoms. The van der Waals surface area contributed by atoms with Gasteiger partial charge in [-0.15, -0.1) is 0 Å². The van der Waals surface area contributed by atoms with Gasteiger partial charge in [0, 0.05) is 49.2 Å². The van der Waals surface area contributed by atoms with Crippen LogP contribution in [0.1, 0.15) is 31.1 Å². The number of hydrogen-bond acceptors (Lipinski definition) is 7. The molecule has 1 saturated heterocycles. The predicted molar refractivity (Wildman–Crippen MR) is 151 cm³/mol. The number of piperazine rings is 1. The van der Waals surface area contributed by atoms with E-state index in [-0.39, 0.29) is 5.92 Å². The van der Waals surface area contributed by atoms with Crippen LogP contribution in [0, 0.1) is 12.8 Å². The molecule has 0 bridgehead atoms. The maximum atomic E-state index is 11.4. The van der Waals surface area contributed by atoms with Crippen molar-refractivity contribution in [2.75, 3.05) is 43.9 Å². The fourth-order valence-electron chi connectivity index (χ4n) is 5.17. The molecule has 5 rings (SSSR count). The molecule has 1 aliphatic heterocycles. The van der Waals surface area contributed by atoms with Gasteiger partial charge in [-0.1, -0.05) is 44.2 Å². The van der Waals surface area contributed by atoms with Gasteiger partial charge in [0.25, 0.3) is 0 Å². The molecule has 0 radical (unpaired) electrons. The highest BCUT2D eigenvalue weighted by atomic mass is 16.6. The molecule has 4 aromatic rings. The number of benzene rings is 2. The van der Waals surface area contributed by atoms with Gasteiger partial charge in [0.05, 0.1) is 6.20 Å². The number of aromatic nitrogens is 3. The van der Waals surface area contributed by atoms with Crippen molar-refractivity contribution < 1.29 is 9.53 Å². The van der Waals surface area contributed by atoms with Crippen LogP contribution in [0.15, 0.2) is 54.9 Å². The third-order valence-electron chi connectivity index (χ3n) is 7.31. The molecule has 0 aliphatic carbocycles. The van der Waals surface area contributed by atoms with Crippen molar-refractivity contribution in [2.45, 2.75) is 26.9 Å². The minimum absolute atomic E-state index is 0.0769. The summed E-state index contributed by atoms with van der Waals surface area (Å²) in [5, 5.41) is 4.60. The lowest BCUT2D eigenvalue weighted by Gasteiger charge is -2.34. The molecular weight excluding hydrogens is 478 g/mol. The van der Waals surface area contributed by atoms with Gasteiger partial charge in [0.1, 0.15) is 11.9 Å². The SMILES string of the molecule is Cc1cc(C(OC(N)=O)C(C)C)ccc1-c1cnc2c(-c3cccc(N4CCN(C)CC4)c3)cnn2c1N. The third-order valence-corrected chi connectivity index (χ3v) is 7.31. The van der Waals surface area contributed by atoms with Crippen LogP contribution in [-0.2, 0) is 4.74 Å². The Bertz CT molecular complexity index is 1470. The van der Waals surface area contributed by atoms with E-state index < -0.39 is 12.2 Å². The summed E-state index contributed by atoms with van der Waals surface area (Å²) in [7, 11) is 2.16. The second-order valence-corrected chi connectivity index (χ2v) is 10.4. The Morgan fingerprint density at radius 1 is 1.00 bits per heavy atom. The fraction of sp³-hybridized carbons (Fsp3) is 0.345. The van der Waals surface area contributed by atoms with E-state index in [0.717, 1.165) is 59.6 Å². The van der Waals surface area contributed by atoms with E-state index in [4.69, 9.17) is 21.2 Å². The molecule has 2 aromatic heterocycles. The zero-order chi connectivity index (χ0) is 27.0. The number of amides is 1. The van der Waals surface area contributed by atoms with E-state index in [0.29, 0.717) is 11.5 Å². The number of hydrogen-bond donors (Lipinski definition) is 2. The molecule has 38 heavy (non-hydrogen) atoms. The lowest BCUT2D eigenvalue weighted by Crippen LogP contribution is -2.44. The third kappa shape index (κ3) is 4.89. The summed E-state index contributed by atoms with van der Waals surface area (Å²) >= 11 is 0. The lowest BCUT2D eigenvalue weighted by molar-refractivity contribution is 0.0784. The fourth-order valence-corrected chi connectivity index (χ4v) is 5.17. The number of aryl methyl sites for hydroxylation is 1. The molecule has 1 amide bonds. The van der Waals surface area contributed by atoms with E-state index in [1.165, 1.54) is 5.69 Å². The Labute approximate surface area is 223 Å². The van der Waals surface area contributed by atoms with Crippen molar-refractivity contribution in [3.63, 3.8) is 0 Å². The molecule has 9 nitrogen and oxygen atoms in total. The highest BCUT2D eigenvalue weighted by Crippen LogP contribution is 2.35. The molecule has 1 fully saturated rings. The summed E-state index contributed by atoms with van der Waals surface area (Å²) in [6.45, 7) is 10.1. The van der Waals surface area contributed by atoms with Gasteiger partial charge in [-0.05, 0) is 54.3 Å². The molecule has 2 aromatic carbocycles. The van der Waals surface area contributed by atoms with Gasteiger partial charge >= 0.3 is 6.09 Å². The maximum absolute atomic E-state index is 11.4. The van der Waals surface area contributed by atoms with E-state index in [1.807, 2.05) is 51.4 Å². The van der Waals surface area contributed by atoms with Crippen LogP contribution in [0.3, 0.4) is 0 Å². The molecule has 1 unspecified atom stereocenters.